The van der Waals surface area contributed by atoms with Gasteiger partial charge in [0.1, 0.15) is 28.8 Å². The van der Waals surface area contributed by atoms with Crippen LogP contribution in [0.2, 0.25) is 0 Å². The minimum Gasteiger partial charge on any atom is -0.496 e. The van der Waals surface area contributed by atoms with E-state index in [0.717, 1.165) is 11.1 Å². The molecule has 1 aliphatic rings. The maximum atomic E-state index is 14.8. The number of Topliss-reactive ketones (excluding diaryl/α,β-unsaturated/α-hetero) is 1. The summed E-state index contributed by atoms with van der Waals surface area (Å²) in [7, 11) is 1.38. The van der Waals surface area contributed by atoms with Gasteiger partial charge in [-0.3, -0.25) is 9.79 Å². The smallest absolute Gasteiger partial charge is 0.339 e. The average Bonchev–Trinajstić information content (AvgIpc) is 3.05. The first-order valence-corrected chi connectivity index (χ1v) is 11.6. The minimum atomic E-state index is -1.11. The van der Waals surface area contributed by atoms with Crippen molar-refractivity contribution in [2.24, 2.45) is 4.99 Å². The van der Waals surface area contributed by atoms with Gasteiger partial charge in [-0.1, -0.05) is 18.2 Å². The maximum absolute atomic E-state index is 14.8. The van der Waals surface area contributed by atoms with Crippen molar-refractivity contribution in [3.8, 4) is 16.9 Å². The lowest BCUT2D eigenvalue weighted by molar-refractivity contribution is 0.0693. The first-order chi connectivity index (χ1) is 18.3. The normalized spacial score (nSPS) is 12.1. The van der Waals surface area contributed by atoms with Crippen LogP contribution in [0.15, 0.2) is 71.9 Å². The van der Waals surface area contributed by atoms with Crippen LogP contribution in [-0.4, -0.2) is 34.7 Å². The standard InChI is InChI=1S/C29H21F2N3O4/c1-15(35)16-6-8-19-21-12-26(34-18-7-9-20(29(36)37)25(11-18)38-2)32-13-17(21)14-33-28(22(19)10-16)27-23(30)4-3-5-24(27)31/h3-13H,14H2,1-2H3,(H,32,34)(H,36,37). The van der Waals surface area contributed by atoms with Crippen LogP contribution in [0.3, 0.4) is 0 Å². The zero-order valence-electron chi connectivity index (χ0n) is 20.4. The van der Waals surface area contributed by atoms with Crippen LogP contribution in [0.5, 0.6) is 5.75 Å². The molecule has 2 N–H and O–H groups in total. The molecule has 0 amide bonds. The van der Waals surface area contributed by atoms with Crippen molar-refractivity contribution in [3.63, 3.8) is 0 Å². The van der Waals surface area contributed by atoms with Gasteiger partial charge < -0.3 is 15.2 Å². The maximum Gasteiger partial charge on any atom is 0.339 e. The summed E-state index contributed by atoms with van der Waals surface area (Å²) < 4.78 is 34.9. The number of ether oxygens (including phenoxy) is 1. The second-order valence-corrected chi connectivity index (χ2v) is 8.65. The number of nitrogens with one attached hydrogen (secondary N) is 1. The Morgan fingerprint density at radius 1 is 0.974 bits per heavy atom. The lowest BCUT2D eigenvalue weighted by Crippen LogP contribution is -2.11. The predicted molar refractivity (Wildman–Crippen MR) is 139 cm³/mol. The molecule has 4 aromatic rings. The van der Waals surface area contributed by atoms with E-state index < -0.39 is 17.6 Å². The molecule has 190 valence electrons. The van der Waals surface area contributed by atoms with E-state index in [1.54, 1.807) is 42.6 Å². The van der Waals surface area contributed by atoms with Crippen LogP contribution < -0.4 is 10.1 Å². The van der Waals surface area contributed by atoms with Gasteiger partial charge in [-0.25, -0.2) is 18.6 Å². The van der Waals surface area contributed by atoms with Crippen molar-refractivity contribution in [2.75, 3.05) is 12.4 Å². The highest BCUT2D eigenvalue weighted by atomic mass is 19.1. The number of aliphatic imine (C=N–C) groups is 1. The molecule has 3 aromatic carbocycles. The Balaban J connectivity index is 1.62. The summed E-state index contributed by atoms with van der Waals surface area (Å²) in [6.07, 6.45) is 1.62. The van der Waals surface area contributed by atoms with E-state index in [0.29, 0.717) is 28.2 Å². The summed E-state index contributed by atoms with van der Waals surface area (Å²) in [6.45, 7) is 1.53. The molecule has 1 aliphatic heterocycles. The van der Waals surface area contributed by atoms with Crippen LogP contribution in [0.25, 0.3) is 11.1 Å². The Labute approximate surface area is 216 Å². The second kappa shape index (κ2) is 9.85. The van der Waals surface area contributed by atoms with Crippen LogP contribution in [0, 0.1) is 11.6 Å². The Kier molecular flexibility index (Phi) is 6.42. The molecule has 1 aromatic heterocycles. The predicted octanol–water partition coefficient (Wildman–Crippen LogP) is 6.03. The van der Waals surface area contributed by atoms with E-state index in [4.69, 9.17) is 4.74 Å². The number of aromatic carboxylic acids is 1. The summed E-state index contributed by atoms with van der Waals surface area (Å²) in [5, 5.41) is 12.5. The second-order valence-electron chi connectivity index (χ2n) is 8.65. The number of nitrogens with zero attached hydrogens (tertiary/aromatic N) is 2. The molecule has 0 atom stereocenters. The van der Waals surface area contributed by atoms with E-state index in [-0.39, 0.29) is 34.9 Å². The Hall–Kier alpha value is -4.92. The fraction of sp³-hybridized carbons (Fsp3) is 0.103. The number of rotatable bonds is 6. The summed E-state index contributed by atoms with van der Waals surface area (Å²) in [4.78, 5) is 32.6. The summed E-state index contributed by atoms with van der Waals surface area (Å²) in [6, 6.07) is 15.0. The molecule has 0 unspecified atom stereocenters. The molecule has 38 heavy (non-hydrogen) atoms. The van der Waals surface area contributed by atoms with Crippen molar-refractivity contribution < 1.29 is 28.2 Å². The number of anilines is 2. The van der Waals surface area contributed by atoms with Crippen LogP contribution in [0.4, 0.5) is 20.3 Å². The molecule has 0 radical (unpaired) electrons. The van der Waals surface area contributed by atoms with Gasteiger partial charge in [0.25, 0.3) is 0 Å². The third-order valence-electron chi connectivity index (χ3n) is 6.27. The number of carboxylic acid groups (broad SMARTS) is 1. The number of benzene rings is 3. The fourth-order valence-corrected chi connectivity index (χ4v) is 4.40. The highest BCUT2D eigenvalue weighted by Crippen LogP contribution is 2.36. The first-order valence-electron chi connectivity index (χ1n) is 11.6. The van der Waals surface area contributed by atoms with E-state index >= 15 is 0 Å². The van der Waals surface area contributed by atoms with Crippen molar-refractivity contribution in [1.29, 1.82) is 0 Å². The summed E-state index contributed by atoms with van der Waals surface area (Å²) in [5.41, 5.74) is 3.29. The number of halogens is 2. The molecule has 0 saturated heterocycles. The number of carboxylic acids is 1. The van der Waals surface area contributed by atoms with Crippen LogP contribution in [0.1, 0.15) is 44.3 Å². The molecular weight excluding hydrogens is 492 g/mol. The number of fused-ring (bicyclic) bond motifs is 3. The molecule has 0 fully saturated rings. The lowest BCUT2D eigenvalue weighted by atomic mass is 9.90. The molecule has 0 saturated carbocycles. The topological polar surface area (TPSA) is 101 Å². The van der Waals surface area contributed by atoms with Crippen LogP contribution in [-0.2, 0) is 6.54 Å². The third kappa shape index (κ3) is 4.50. The largest absolute Gasteiger partial charge is 0.496 e. The molecule has 7 nitrogen and oxygen atoms in total. The molecule has 0 aliphatic carbocycles. The Morgan fingerprint density at radius 2 is 1.74 bits per heavy atom. The van der Waals surface area contributed by atoms with E-state index in [2.05, 4.69) is 15.3 Å². The van der Waals surface area contributed by atoms with Crippen molar-refractivity contribution >= 4 is 29.0 Å². The van der Waals surface area contributed by atoms with E-state index in [9.17, 15) is 23.5 Å². The zero-order chi connectivity index (χ0) is 27.0. The van der Waals surface area contributed by atoms with Crippen molar-refractivity contribution in [3.05, 3.63) is 106 Å². The molecular formula is C29H21F2N3O4. The number of hydrogen-bond donors (Lipinski definition) is 2. The minimum absolute atomic E-state index is 0.0215. The van der Waals surface area contributed by atoms with Gasteiger partial charge in [-0.15, -0.1) is 0 Å². The van der Waals surface area contributed by atoms with Gasteiger partial charge >= 0.3 is 5.97 Å². The number of aromatic nitrogens is 1. The molecule has 0 spiro atoms. The van der Waals surface area contributed by atoms with E-state index in [1.165, 1.54) is 38.3 Å². The molecule has 0 bridgehead atoms. The number of methoxy groups -OCH3 is 1. The highest BCUT2D eigenvalue weighted by Gasteiger charge is 2.25. The third-order valence-corrected chi connectivity index (χ3v) is 6.27. The Morgan fingerprint density at radius 3 is 2.42 bits per heavy atom. The molecule has 2 heterocycles. The van der Waals surface area contributed by atoms with Crippen molar-refractivity contribution in [2.45, 2.75) is 13.5 Å². The van der Waals surface area contributed by atoms with Gasteiger partial charge in [0.15, 0.2) is 5.78 Å². The van der Waals surface area contributed by atoms with Gasteiger partial charge in [0.05, 0.1) is 24.9 Å². The van der Waals surface area contributed by atoms with Gasteiger partial charge in [0.2, 0.25) is 0 Å². The quantitative estimate of drug-likeness (QED) is 0.305. The Bertz CT molecular complexity index is 1630. The van der Waals surface area contributed by atoms with Crippen molar-refractivity contribution in [1.82, 2.24) is 4.98 Å². The zero-order valence-corrected chi connectivity index (χ0v) is 20.4. The number of carbonyl (C=O) groups excluding carboxylic acids is 1. The number of ketones is 1. The molecule has 9 heteroatoms. The lowest BCUT2D eigenvalue weighted by Gasteiger charge is -2.15. The molecule has 5 rings (SSSR count). The number of carbonyl (C=O) groups is 2. The highest BCUT2D eigenvalue weighted by molar-refractivity contribution is 6.18. The summed E-state index contributed by atoms with van der Waals surface area (Å²) >= 11 is 0. The fourth-order valence-electron chi connectivity index (χ4n) is 4.40. The first kappa shape index (κ1) is 24.8. The van der Waals surface area contributed by atoms with Crippen LogP contribution >= 0.6 is 0 Å². The monoisotopic (exact) mass is 513 g/mol. The average molecular weight is 514 g/mol. The summed E-state index contributed by atoms with van der Waals surface area (Å²) in [5.74, 6) is -2.19. The van der Waals surface area contributed by atoms with Gasteiger partial charge in [0, 0.05) is 29.1 Å². The van der Waals surface area contributed by atoms with Gasteiger partial charge in [-0.05, 0) is 60.0 Å². The van der Waals surface area contributed by atoms with Gasteiger partial charge in [-0.2, -0.15) is 0 Å². The number of pyridine rings is 1. The number of hydrogen-bond acceptors (Lipinski definition) is 6. The van der Waals surface area contributed by atoms with E-state index in [1.807, 2.05) is 0 Å². The SMILES string of the molecule is COc1cc(Nc2cc3c(cn2)CN=C(c2c(F)cccc2F)c2cc(C(C)=O)ccc2-3)ccc1C(=O)O.